The van der Waals surface area contributed by atoms with E-state index in [1.807, 2.05) is 36.7 Å². The van der Waals surface area contributed by atoms with Gasteiger partial charge in [0.05, 0.1) is 11.4 Å². The Hall–Kier alpha value is -8.40. The summed E-state index contributed by atoms with van der Waals surface area (Å²) in [4.78, 5) is 11.6. The van der Waals surface area contributed by atoms with E-state index in [0.717, 1.165) is 45.1 Å². The maximum atomic E-state index is 4.61. The zero-order valence-corrected chi connectivity index (χ0v) is 34.4. The van der Waals surface area contributed by atoms with Crippen molar-refractivity contribution in [1.29, 1.82) is 0 Å². The molecule has 0 atom stereocenters. The summed E-state index contributed by atoms with van der Waals surface area (Å²) in [5.41, 5.74) is 19.8. The second-order valence-corrected chi connectivity index (χ2v) is 16.1. The van der Waals surface area contributed by atoms with Crippen LogP contribution in [0, 0.1) is 0 Å². The van der Waals surface area contributed by atoms with E-state index in [1.54, 1.807) is 0 Å². The predicted molar refractivity (Wildman–Crippen MR) is 263 cm³/mol. The van der Waals surface area contributed by atoms with Crippen LogP contribution in [-0.4, -0.2) is 9.97 Å². The Bertz CT molecular complexity index is 3280. The van der Waals surface area contributed by atoms with Gasteiger partial charge >= 0.3 is 0 Å². The van der Waals surface area contributed by atoms with Gasteiger partial charge in [-0.1, -0.05) is 164 Å². The molecule has 0 saturated heterocycles. The van der Waals surface area contributed by atoms with Crippen LogP contribution in [0.3, 0.4) is 0 Å². The third-order valence-electron chi connectivity index (χ3n) is 12.5. The van der Waals surface area contributed by atoms with Crippen molar-refractivity contribution in [2.75, 3.05) is 4.90 Å². The van der Waals surface area contributed by atoms with Gasteiger partial charge in [0.1, 0.15) is 0 Å². The molecule has 0 saturated carbocycles. The summed E-state index contributed by atoms with van der Waals surface area (Å²) in [6, 6.07) is 80.9. The normalized spacial score (nSPS) is 11.5. The van der Waals surface area contributed by atoms with Gasteiger partial charge in [-0.2, -0.15) is 0 Å². The molecule has 11 aromatic rings. The standard InChI is InChI=1S/C60H39N3/c1-3-15-42(16-4-1)56-50-21-7-8-22-51(50)57(43-17-5-2-6-18-43)60-53-36-35-48(49-23-14-24-52(58(49)53)59(56)60)44-19-13-20-47(39-44)63(45-31-27-40(28-32-45)54-25-9-11-37-61-54)46-33-29-41(30-34-46)55-26-10-12-38-62-55/h1-39H. The van der Waals surface area contributed by atoms with Crippen LogP contribution in [0.2, 0.25) is 0 Å². The maximum Gasteiger partial charge on any atom is 0.0701 e. The fourth-order valence-corrected chi connectivity index (χ4v) is 9.75. The summed E-state index contributed by atoms with van der Waals surface area (Å²) in [6.45, 7) is 0. The number of aromatic nitrogens is 2. The second-order valence-electron chi connectivity index (χ2n) is 16.1. The van der Waals surface area contributed by atoms with Crippen LogP contribution in [0.5, 0.6) is 0 Å². The molecule has 0 unspecified atom stereocenters. The number of rotatable bonds is 8. The Morgan fingerprint density at radius 2 is 0.730 bits per heavy atom. The highest BCUT2D eigenvalue weighted by atomic mass is 15.1. The largest absolute Gasteiger partial charge is 0.310 e. The van der Waals surface area contributed by atoms with Gasteiger partial charge in [0, 0.05) is 40.6 Å². The van der Waals surface area contributed by atoms with Crippen molar-refractivity contribution in [1.82, 2.24) is 9.97 Å². The summed E-state index contributed by atoms with van der Waals surface area (Å²) < 4.78 is 0. The smallest absolute Gasteiger partial charge is 0.0701 e. The number of nitrogens with zero attached hydrogens (tertiary/aromatic N) is 3. The van der Waals surface area contributed by atoms with Gasteiger partial charge in [-0.25, -0.2) is 0 Å². The molecule has 0 fully saturated rings. The van der Waals surface area contributed by atoms with Crippen LogP contribution in [0.1, 0.15) is 0 Å². The molecule has 2 aromatic heterocycles. The summed E-state index contributed by atoms with van der Waals surface area (Å²) in [7, 11) is 0. The maximum absolute atomic E-state index is 4.61. The average molecular weight is 802 g/mol. The molecule has 63 heavy (non-hydrogen) atoms. The number of anilines is 3. The van der Waals surface area contributed by atoms with Crippen molar-refractivity contribution >= 4 is 38.6 Å². The van der Waals surface area contributed by atoms with E-state index in [4.69, 9.17) is 0 Å². The van der Waals surface area contributed by atoms with Crippen molar-refractivity contribution in [2.45, 2.75) is 0 Å². The van der Waals surface area contributed by atoms with E-state index in [9.17, 15) is 0 Å². The second kappa shape index (κ2) is 15.3. The topological polar surface area (TPSA) is 29.0 Å². The molecule has 3 heteroatoms. The van der Waals surface area contributed by atoms with Gasteiger partial charge in [-0.3, -0.25) is 9.97 Å². The van der Waals surface area contributed by atoms with Crippen LogP contribution >= 0.6 is 0 Å². The van der Waals surface area contributed by atoms with Crippen molar-refractivity contribution < 1.29 is 0 Å². The monoisotopic (exact) mass is 801 g/mol. The predicted octanol–water partition coefficient (Wildman–Crippen LogP) is 16.2. The molecule has 0 N–H and O–H groups in total. The fraction of sp³-hybridized carbons (Fsp3) is 0. The van der Waals surface area contributed by atoms with E-state index >= 15 is 0 Å². The minimum Gasteiger partial charge on any atom is -0.310 e. The SMILES string of the molecule is c1ccc(-c2c3c(c(-c4ccccc4)c4ccccc24)-c2ccc(-c4cccc(N(c5ccc(-c6ccccn6)cc5)c5ccc(-c6ccccn6)cc5)c4)c4cccc-3c24)cc1. The highest BCUT2D eigenvalue weighted by Gasteiger charge is 2.31. The molecular formula is C60H39N3. The lowest BCUT2D eigenvalue weighted by atomic mass is 9.82. The summed E-state index contributed by atoms with van der Waals surface area (Å²) in [6.07, 6.45) is 3.69. The van der Waals surface area contributed by atoms with Crippen LogP contribution in [0.15, 0.2) is 237 Å². The number of fused-ring (bicyclic) bond motifs is 4. The summed E-state index contributed by atoms with van der Waals surface area (Å²) in [5.74, 6) is 0. The Kier molecular flexibility index (Phi) is 8.83. The third-order valence-corrected chi connectivity index (χ3v) is 12.5. The minimum absolute atomic E-state index is 0.950. The lowest BCUT2D eigenvalue weighted by Crippen LogP contribution is -2.10. The van der Waals surface area contributed by atoms with Gasteiger partial charge in [0.25, 0.3) is 0 Å². The van der Waals surface area contributed by atoms with Gasteiger partial charge in [-0.15, -0.1) is 0 Å². The molecule has 0 amide bonds. The lowest BCUT2D eigenvalue weighted by Gasteiger charge is -2.26. The molecule has 1 aliphatic rings. The van der Waals surface area contributed by atoms with E-state index in [0.29, 0.717) is 0 Å². The van der Waals surface area contributed by atoms with E-state index in [1.165, 1.54) is 71.6 Å². The lowest BCUT2D eigenvalue weighted by molar-refractivity contribution is 1.27. The molecule has 0 radical (unpaired) electrons. The molecular weight excluding hydrogens is 763 g/mol. The quantitative estimate of drug-likeness (QED) is 0.153. The molecule has 294 valence electrons. The first kappa shape index (κ1) is 36.5. The number of benzene rings is 9. The molecule has 2 heterocycles. The first-order chi connectivity index (χ1) is 31.3. The fourth-order valence-electron chi connectivity index (χ4n) is 9.75. The molecule has 9 aromatic carbocycles. The molecule has 0 aliphatic heterocycles. The molecule has 12 rings (SSSR count). The average Bonchev–Trinajstić information content (AvgIpc) is 3.69. The molecule has 3 nitrogen and oxygen atoms in total. The first-order valence-electron chi connectivity index (χ1n) is 21.5. The number of pyridine rings is 2. The van der Waals surface area contributed by atoms with Gasteiger partial charge in [0.2, 0.25) is 0 Å². The highest BCUT2D eigenvalue weighted by Crippen LogP contribution is 2.58. The Balaban J connectivity index is 1.04. The Morgan fingerprint density at radius 3 is 1.27 bits per heavy atom. The van der Waals surface area contributed by atoms with Crippen molar-refractivity contribution in [2.24, 2.45) is 0 Å². The van der Waals surface area contributed by atoms with Gasteiger partial charge in [-0.05, 0) is 138 Å². The summed E-state index contributed by atoms with van der Waals surface area (Å²) >= 11 is 0. The van der Waals surface area contributed by atoms with Crippen LogP contribution in [-0.2, 0) is 0 Å². The first-order valence-corrected chi connectivity index (χ1v) is 21.5. The van der Waals surface area contributed by atoms with Crippen LogP contribution in [0.4, 0.5) is 17.1 Å². The van der Waals surface area contributed by atoms with Crippen molar-refractivity contribution in [3.63, 3.8) is 0 Å². The Morgan fingerprint density at radius 1 is 0.270 bits per heavy atom. The van der Waals surface area contributed by atoms with Crippen LogP contribution < -0.4 is 4.90 Å². The zero-order chi connectivity index (χ0) is 41.7. The minimum atomic E-state index is 0.950. The van der Waals surface area contributed by atoms with Crippen LogP contribution in [0.25, 0.3) is 99.7 Å². The summed E-state index contributed by atoms with van der Waals surface area (Å²) in [5, 5.41) is 5.07. The number of hydrogen-bond acceptors (Lipinski definition) is 3. The third kappa shape index (κ3) is 6.21. The van der Waals surface area contributed by atoms with E-state index in [2.05, 4.69) is 215 Å². The molecule has 0 spiro atoms. The van der Waals surface area contributed by atoms with Crippen molar-refractivity contribution in [3.05, 3.63) is 237 Å². The van der Waals surface area contributed by atoms with Crippen molar-refractivity contribution in [3.8, 4) is 78.1 Å². The highest BCUT2D eigenvalue weighted by molar-refractivity contribution is 6.28. The zero-order valence-electron chi connectivity index (χ0n) is 34.4. The number of hydrogen-bond donors (Lipinski definition) is 0. The molecule has 1 aliphatic carbocycles. The molecule has 0 bridgehead atoms. The Labute approximate surface area is 366 Å². The van der Waals surface area contributed by atoms with Gasteiger partial charge < -0.3 is 4.90 Å². The van der Waals surface area contributed by atoms with E-state index < -0.39 is 0 Å². The van der Waals surface area contributed by atoms with E-state index in [-0.39, 0.29) is 0 Å². The van der Waals surface area contributed by atoms with Gasteiger partial charge in [0.15, 0.2) is 0 Å².